The lowest BCUT2D eigenvalue weighted by molar-refractivity contribution is -0.230. The van der Waals surface area contributed by atoms with Crippen LogP contribution in [0.1, 0.15) is 27.7 Å². The Kier molecular flexibility index (Phi) is 3.95. The molecule has 148 valence electrons. The van der Waals surface area contributed by atoms with Crippen molar-refractivity contribution in [2.75, 3.05) is 32.8 Å². The smallest absolute Gasteiger partial charge is 0.346 e. The van der Waals surface area contributed by atoms with Gasteiger partial charge in [-0.2, -0.15) is 0 Å². The molecule has 5 heterocycles. The Morgan fingerprint density at radius 2 is 1.58 bits per heavy atom. The van der Waals surface area contributed by atoms with Crippen LogP contribution in [0.4, 0.5) is 0 Å². The Hall–Kier alpha value is -0.0900. The molecule has 0 saturated carbocycles. The molecule has 5 rings (SSSR count). The van der Waals surface area contributed by atoms with Crippen molar-refractivity contribution >= 4 is 7.67 Å². The second kappa shape index (κ2) is 5.72. The van der Waals surface area contributed by atoms with Gasteiger partial charge in [-0.3, -0.25) is 9.09 Å². The standard InChI is InChI=1S/C16H27N2O7P/c1-15(2)20-9-10(22-15)11-12(13-14(21-11)24-16(3,4)23-13)25-26(19,17-5-6-17)18-7-8-18/h10-14H,5-9H2,1-4H3/t10-,11+,12+,13+,14-/m1/s1. The SMILES string of the molecule is CC1(C)O[C@H]2O[C@@H]([C@H]3COC(C)(C)O3)[C@H](OP(=O)(N3CC3)N3CC3)[C@@H]2O1. The van der Waals surface area contributed by atoms with Gasteiger partial charge in [-0.1, -0.05) is 0 Å². The molecular weight excluding hydrogens is 363 g/mol. The molecule has 0 bridgehead atoms. The summed E-state index contributed by atoms with van der Waals surface area (Å²) in [5.41, 5.74) is 0. The highest BCUT2D eigenvalue weighted by molar-refractivity contribution is 7.54. The zero-order valence-electron chi connectivity index (χ0n) is 15.6. The summed E-state index contributed by atoms with van der Waals surface area (Å²) in [5.74, 6) is -1.45. The summed E-state index contributed by atoms with van der Waals surface area (Å²) in [6.07, 6.45) is -2.35. The average molecular weight is 390 g/mol. The van der Waals surface area contributed by atoms with E-state index in [0.717, 1.165) is 26.2 Å². The molecule has 0 aliphatic carbocycles. The van der Waals surface area contributed by atoms with Gasteiger partial charge in [0.15, 0.2) is 17.9 Å². The molecule has 0 amide bonds. The van der Waals surface area contributed by atoms with Crippen LogP contribution in [0.2, 0.25) is 0 Å². The van der Waals surface area contributed by atoms with Crippen LogP contribution in [0.3, 0.4) is 0 Å². The van der Waals surface area contributed by atoms with E-state index in [1.807, 2.05) is 37.0 Å². The molecule has 5 aliphatic heterocycles. The minimum atomic E-state index is -3.04. The first-order valence-corrected chi connectivity index (χ1v) is 10.8. The van der Waals surface area contributed by atoms with Crippen molar-refractivity contribution in [3.8, 4) is 0 Å². The van der Waals surface area contributed by atoms with E-state index in [9.17, 15) is 4.57 Å². The molecule has 0 spiro atoms. The summed E-state index contributed by atoms with van der Waals surface area (Å²) < 4.78 is 53.3. The highest BCUT2D eigenvalue weighted by Gasteiger charge is 2.62. The summed E-state index contributed by atoms with van der Waals surface area (Å²) in [7, 11) is -3.04. The maximum Gasteiger partial charge on any atom is 0.346 e. The Morgan fingerprint density at radius 1 is 0.923 bits per heavy atom. The van der Waals surface area contributed by atoms with Gasteiger partial charge in [-0.05, 0) is 27.7 Å². The van der Waals surface area contributed by atoms with Gasteiger partial charge >= 0.3 is 7.67 Å². The maximum absolute atomic E-state index is 13.5. The second-order valence-electron chi connectivity index (χ2n) is 8.40. The van der Waals surface area contributed by atoms with Crippen LogP contribution < -0.4 is 0 Å². The van der Waals surface area contributed by atoms with Crippen LogP contribution in [-0.4, -0.2) is 84.4 Å². The molecule has 0 N–H and O–H groups in total. The van der Waals surface area contributed by atoms with Crippen LogP contribution in [0.5, 0.6) is 0 Å². The molecule has 5 saturated heterocycles. The molecule has 0 aromatic rings. The van der Waals surface area contributed by atoms with Crippen LogP contribution in [-0.2, 0) is 32.8 Å². The Labute approximate surface area is 153 Å². The average Bonchev–Trinajstić information content (AvgIpc) is 3.43. The normalized spacial score (nSPS) is 44.4. The summed E-state index contributed by atoms with van der Waals surface area (Å²) in [6, 6.07) is 0. The molecule has 0 unspecified atom stereocenters. The van der Waals surface area contributed by atoms with Crippen molar-refractivity contribution in [1.29, 1.82) is 0 Å². The van der Waals surface area contributed by atoms with E-state index in [-0.39, 0.29) is 6.10 Å². The molecular formula is C16H27N2O7P. The number of fused-ring (bicyclic) bond motifs is 1. The first kappa shape index (κ1) is 18.0. The number of ether oxygens (including phenoxy) is 5. The first-order chi connectivity index (χ1) is 12.2. The molecule has 0 aromatic carbocycles. The summed E-state index contributed by atoms with van der Waals surface area (Å²) in [4.78, 5) is 0. The zero-order chi connectivity index (χ0) is 18.3. The third kappa shape index (κ3) is 3.07. The van der Waals surface area contributed by atoms with Gasteiger partial charge in [0.25, 0.3) is 0 Å². The Morgan fingerprint density at radius 3 is 2.12 bits per heavy atom. The van der Waals surface area contributed by atoms with Crippen molar-refractivity contribution in [2.45, 2.75) is 70.0 Å². The highest BCUT2D eigenvalue weighted by atomic mass is 31.2. The fraction of sp³-hybridized carbons (Fsp3) is 1.00. The molecule has 0 aromatic heterocycles. The fourth-order valence-corrected chi connectivity index (χ4v) is 6.24. The predicted molar refractivity (Wildman–Crippen MR) is 89.2 cm³/mol. The van der Waals surface area contributed by atoms with E-state index in [1.165, 1.54) is 0 Å². The third-order valence-corrected chi connectivity index (χ3v) is 7.99. The van der Waals surface area contributed by atoms with E-state index < -0.39 is 43.8 Å². The van der Waals surface area contributed by atoms with Gasteiger partial charge in [0.1, 0.15) is 24.4 Å². The highest BCUT2D eigenvalue weighted by Crippen LogP contribution is 2.63. The number of nitrogens with zero attached hydrogens (tertiary/aromatic N) is 2. The van der Waals surface area contributed by atoms with E-state index in [1.54, 1.807) is 0 Å². The first-order valence-electron chi connectivity index (χ1n) is 9.29. The van der Waals surface area contributed by atoms with Crippen LogP contribution in [0.15, 0.2) is 0 Å². The lowest BCUT2D eigenvalue weighted by atomic mass is 10.1. The van der Waals surface area contributed by atoms with Crippen molar-refractivity contribution in [3.05, 3.63) is 0 Å². The van der Waals surface area contributed by atoms with Crippen molar-refractivity contribution in [2.24, 2.45) is 0 Å². The minimum absolute atomic E-state index is 0.326. The van der Waals surface area contributed by atoms with E-state index in [0.29, 0.717) is 6.61 Å². The largest absolute Gasteiger partial charge is 0.348 e. The summed E-state index contributed by atoms with van der Waals surface area (Å²) in [5, 5.41) is 0. The minimum Gasteiger partial charge on any atom is -0.348 e. The van der Waals surface area contributed by atoms with Crippen molar-refractivity contribution in [3.63, 3.8) is 0 Å². The third-order valence-electron chi connectivity index (χ3n) is 5.24. The van der Waals surface area contributed by atoms with Gasteiger partial charge in [-0.15, -0.1) is 0 Å². The quantitative estimate of drug-likeness (QED) is 0.507. The molecule has 9 nitrogen and oxygen atoms in total. The molecule has 5 fully saturated rings. The van der Waals surface area contributed by atoms with Gasteiger partial charge < -0.3 is 23.7 Å². The Balaban J connectivity index is 1.41. The maximum atomic E-state index is 13.5. The monoisotopic (exact) mass is 390 g/mol. The second-order valence-corrected chi connectivity index (χ2v) is 10.7. The van der Waals surface area contributed by atoms with Gasteiger partial charge in [0, 0.05) is 26.2 Å². The predicted octanol–water partition coefficient (Wildman–Crippen LogP) is 1.14. The fourth-order valence-electron chi connectivity index (χ4n) is 3.87. The van der Waals surface area contributed by atoms with Gasteiger partial charge in [-0.25, -0.2) is 9.34 Å². The number of hydrogen-bond acceptors (Lipinski definition) is 7. The molecule has 0 radical (unpaired) electrons. The van der Waals surface area contributed by atoms with E-state index in [2.05, 4.69) is 0 Å². The van der Waals surface area contributed by atoms with E-state index >= 15 is 0 Å². The van der Waals surface area contributed by atoms with Gasteiger partial charge in [0.05, 0.1) is 6.61 Å². The Bertz CT molecular complexity index is 620. The van der Waals surface area contributed by atoms with Crippen LogP contribution >= 0.6 is 7.67 Å². The van der Waals surface area contributed by atoms with Gasteiger partial charge in [0.2, 0.25) is 0 Å². The van der Waals surface area contributed by atoms with Crippen LogP contribution in [0.25, 0.3) is 0 Å². The molecule has 5 atom stereocenters. The van der Waals surface area contributed by atoms with Crippen LogP contribution in [0, 0.1) is 0 Å². The molecule has 10 heteroatoms. The topological polar surface area (TPSA) is 78.5 Å². The lowest BCUT2D eigenvalue weighted by Crippen LogP contribution is -2.44. The lowest BCUT2D eigenvalue weighted by Gasteiger charge is -2.31. The summed E-state index contributed by atoms with van der Waals surface area (Å²) in [6.45, 7) is 11.0. The van der Waals surface area contributed by atoms with E-state index in [4.69, 9.17) is 28.2 Å². The zero-order valence-corrected chi connectivity index (χ0v) is 16.5. The molecule has 5 aliphatic rings. The number of hydrogen-bond donors (Lipinski definition) is 0. The van der Waals surface area contributed by atoms with Crippen molar-refractivity contribution < 1.29 is 32.8 Å². The summed E-state index contributed by atoms with van der Waals surface area (Å²) >= 11 is 0. The number of rotatable bonds is 5. The molecule has 26 heavy (non-hydrogen) atoms. The van der Waals surface area contributed by atoms with Crippen molar-refractivity contribution in [1.82, 2.24) is 9.34 Å².